The van der Waals surface area contributed by atoms with E-state index >= 15 is 0 Å². The van der Waals surface area contributed by atoms with Crippen LogP contribution in [-0.4, -0.2) is 20.9 Å². The molecule has 0 unspecified atom stereocenters. The number of aryl methyl sites for hydroxylation is 1. The minimum absolute atomic E-state index is 0.484. The van der Waals surface area contributed by atoms with E-state index in [9.17, 15) is 0 Å². The van der Waals surface area contributed by atoms with Gasteiger partial charge in [-0.05, 0) is 61.6 Å². The van der Waals surface area contributed by atoms with Crippen LogP contribution in [0.2, 0.25) is 0 Å². The Morgan fingerprint density at radius 3 is 2.78 bits per heavy atom. The van der Waals surface area contributed by atoms with Crippen LogP contribution in [-0.2, 0) is 6.54 Å². The molecule has 1 aliphatic carbocycles. The van der Waals surface area contributed by atoms with Gasteiger partial charge in [0.05, 0.1) is 5.69 Å². The highest BCUT2D eigenvalue weighted by molar-refractivity contribution is 6.48. The van der Waals surface area contributed by atoms with Crippen molar-refractivity contribution < 1.29 is 0 Å². The van der Waals surface area contributed by atoms with Gasteiger partial charge in [-0.3, -0.25) is 0 Å². The van der Waals surface area contributed by atoms with Gasteiger partial charge in [0.1, 0.15) is 0 Å². The van der Waals surface area contributed by atoms with Crippen LogP contribution in [0.4, 0.5) is 5.95 Å². The first kappa shape index (κ1) is 22.3. The Kier molecular flexibility index (Phi) is 7.11. The van der Waals surface area contributed by atoms with Crippen molar-refractivity contribution in [3.63, 3.8) is 0 Å². The highest BCUT2D eigenvalue weighted by Gasteiger charge is 2.16. The number of benzene rings is 1. The highest BCUT2D eigenvalue weighted by Crippen LogP contribution is 2.28. The third-order valence-electron chi connectivity index (χ3n) is 6.17. The zero-order chi connectivity index (χ0) is 22.5. The van der Waals surface area contributed by atoms with Crippen LogP contribution in [0.1, 0.15) is 61.4 Å². The number of aromatic nitrogens is 2. The molecular weight excluding hydrogens is 416 g/mol. The van der Waals surface area contributed by atoms with Gasteiger partial charge >= 0.3 is 0 Å². The van der Waals surface area contributed by atoms with Crippen molar-refractivity contribution in [1.82, 2.24) is 14.9 Å². The number of nitrogens with one attached hydrogen (secondary N) is 1. The molecule has 0 amide bonds. The zero-order valence-corrected chi connectivity index (χ0v) is 19.7. The lowest BCUT2D eigenvalue weighted by atomic mass is 9.96. The number of hydrogen-bond acceptors (Lipinski definition) is 4. The SMILES string of the molecule is C=C1C=C(c2ccnc(NC3CCCCC3)n2)C=CN1Cc1ccc(/C(Cl)=C\C)c(C)c1. The molecule has 1 fully saturated rings. The van der Waals surface area contributed by atoms with Crippen LogP contribution >= 0.6 is 11.6 Å². The lowest BCUT2D eigenvalue weighted by Gasteiger charge is -2.25. The highest BCUT2D eigenvalue weighted by atomic mass is 35.5. The first-order valence-corrected chi connectivity index (χ1v) is 11.8. The smallest absolute Gasteiger partial charge is 0.223 e. The van der Waals surface area contributed by atoms with Crippen LogP contribution in [0.3, 0.4) is 0 Å². The number of anilines is 1. The molecule has 4 rings (SSSR count). The molecule has 166 valence electrons. The zero-order valence-electron chi connectivity index (χ0n) is 18.9. The molecule has 5 heteroatoms. The predicted molar refractivity (Wildman–Crippen MR) is 135 cm³/mol. The summed E-state index contributed by atoms with van der Waals surface area (Å²) in [6, 6.07) is 8.85. The van der Waals surface area contributed by atoms with Gasteiger partial charge in [0.15, 0.2) is 0 Å². The standard InChI is InChI=1S/C27H31ClN4/c1-4-25(28)24-11-10-21(16-19(24)2)18-32-15-13-22(17-20(32)3)26-12-14-29-27(31-26)30-23-8-6-5-7-9-23/h4,10-17,23H,3,5-9,18H2,1-2H3,(H,29,30,31)/b25-4+. The molecule has 2 aliphatic rings. The Labute approximate surface area is 196 Å². The molecule has 1 aromatic carbocycles. The number of rotatable bonds is 6. The second-order valence-corrected chi connectivity index (χ2v) is 8.97. The van der Waals surface area contributed by atoms with Crippen molar-refractivity contribution in [3.8, 4) is 0 Å². The summed E-state index contributed by atoms with van der Waals surface area (Å²) in [4.78, 5) is 11.3. The number of halogens is 1. The van der Waals surface area contributed by atoms with E-state index in [1.807, 2.05) is 25.3 Å². The van der Waals surface area contributed by atoms with E-state index in [-0.39, 0.29) is 0 Å². The molecule has 2 heterocycles. The van der Waals surface area contributed by atoms with Gasteiger partial charge in [0.2, 0.25) is 5.95 Å². The first-order valence-electron chi connectivity index (χ1n) is 11.4. The van der Waals surface area contributed by atoms with E-state index in [0.29, 0.717) is 12.0 Å². The number of nitrogens with zero attached hydrogens (tertiary/aromatic N) is 3. The molecule has 1 N–H and O–H groups in total. The molecule has 0 radical (unpaired) electrons. The van der Waals surface area contributed by atoms with Crippen molar-refractivity contribution in [3.05, 3.63) is 89.6 Å². The minimum Gasteiger partial charge on any atom is -0.351 e. The second-order valence-electron chi connectivity index (χ2n) is 8.57. The van der Waals surface area contributed by atoms with E-state index in [4.69, 9.17) is 16.6 Å². The molecule has 2 aromatic rings. The van der Waals surface area contributed by atoms with Crippen molar-refractivity contribution in [1.29, 1.82) is 0 Å². The summed E-state index contributed by atoms with van der Waals surface area (Å²) in [6.45, 7) is 9.08. The van der Waals surface area contributed by atoms with E-state index in [1.54, 1.807) is 0 Å². The lowest BCUT2D eigenvalue weighted by molar-refractivity contribution is 0.461. The van der Waals surface area contributed by atoms with Crippen molar-refractivity contribution in [2.45, 2.75) is 58.5 Å². The molecule has 4 nitrogen and oxygen atoms in total. The van der Waals surface area contributed by atoms with Gasteiger partial charge < -0.3 is 10.2 Å². The predicted octanol–water partition coefficient (Wildman–Crippen LogP) is 7.06. The van der Waals surface area contributed by atoms with Crippen LogP contribution in [0.25, 0.3) is 10.6 Å². The fourth-order valence-corrected chi connectivity index (χ4v) is 4.56. The third kappa shape index (κ3) is 5.31. The molecule has 0 atom stereocenters. The summed E-state index contributed by atoms with van der Waals surface area (Å²) in [6.07, 6.45) is 16.3. The molecule has 1 saturated carbocycles. The summed E-state index contributed by atoms with van der Waals surface area (Å²) < 4.78 is 0. The Morgan fingerprint density at radius 1 is 1.25 bits per heavy atom. The van der Waals surface area contributed by atoms with Gasteiger partial charge in [-0.1, -0.05) is 61.7 Å². The Hall–Kier alpha value is -2.85. The molecule has 1 aromatic heterocycles. The average Bonchev–Trinajstić information content (AvgIpc) is 2.81. The normalized spacial score (nSPS) is 17.5. The molecule has 0 spiro atoms. The second kappa shape index (κ2) is 10.2. The molecular formula is C27H31ClN4. The molecule has 32 heavy (non-hydrogen) atoms. The molecule has 0 saturated heterocycles. The Morgan fingerprint density at radius 2 is 2.06 bits per heavy atom. The topological polar surface area (TPSA) is 41.1 Å². The first-order chi connectivity index (χ1) is 15.5. The maximum atomic E-state index is 6.31. The summed E-state index contributed by atoms with van der Waals surface area (Å²) >= 11 is 6.31. The average molecular weight is 447 g/mol. The summed E-state index contributed by atoms with van der Waals surface area (Å²) in [5.41, 5.74) is 6.37. The van der Waals surface area contributed by atoms with Gasteiger partial charge in [-0.2, -0.15) is 0 Å². The summed E-state index contributed by atoms with van der Waals surface area (Å²) in [7, 11) is 0. The third-order valence-corrected chi connectivity index (χ3v) is 6.59. The van der Waals surface area contributed by atoms with Crippen molar-refractivity contribution in [2.24, 2.45) is 0 Å². The Balaban J connectivity index is 1.43. The quantitative estimate of drug-likeness (QED) is 0.515. The van der Waals surface area contributed by atoms with Crippen molar-refractivity contribution >= 4 is 28.2 Å². The maximum Gasteiger partial charge on any atom is 0.223 e. The summed E-state index contributed by atoms with van der Waals surface area (Å²) in [5, 5.41) is 4.30. The van der Waals surface area contributed by atoms with Crippen LogP contribution in [0.15, 0.2) is 67.2 Å². The minimum atomic E-state index is 0.484. The molecule has 1 aliphatic heterocycles. The summed E-state index contributed by atoms with van der Waals surface area (Å²) in [5.74, 6) is 0.715. The van der Waals surface area contributed by atoms with E-state index in [2.05, 4.69) is 65.3 Å². The van der Waals surface area contributed by atoms with Gasteiger partial charge in [0, 0.05) is 41.3 Å². The lowest BCUT2D eigenvalue weighted by Crippen LogP contribution is -2.23. The van der Waals surface area contributed by atoms with Crippen LogP contribution in [0, 0.1) is 6.92 Å². The fourth-order valence-electron chi connectivity index (χ4n) is 4.35. The maximum absolute atomic E-state index is 6.31. The van der Waals surface area contributed by atoms with Crippen LogP contribution in [0.5, 0.6) is 0 Å². The number of allylic oxidation sites excluding steroid dienone is 4. The van der Waals surface area contributed by atoms with Gasteiger partial charge in [-0.25, -0.2) is 9.97 Å². The van der Waals surface area contributed by atoms with E-state index < -0.39 is 0 Å². The van der Waals surface area contributed by atoms with E-state index in [0.717, 1.165) is 34.1 Å². The van der Waals surface area contributed by atoms with Gasteiger partial charge in [-0.15, -0.1) is 0 Å². The fraction of sp³-hybridized carbons (Fsp3) is 0.333. The largest absolute Gasteiger partial charge is 0.351 e. The van der Waals surface area contributed by atoms with Crippen molar-refractivity contribution in [2.75, 3.05) is 5.32 Å². The number of hydrogen-bond donors (Lipinski definition) is 1. The monoisotopic (exact) mass is 446 g/mol. The molecule has 0 bridgehead atoms. The van der Waals surface area contributed by atoms with Gasteiger partial charge in [0.25, 0.3) is 0 Å². The van der Waals surface area contributed by atoms with Crippen LogP contribution < -0.4 is 5.32 Å². The Bertz CT molecular complexity index is 1080. The van der Waals surface area contributed by atoms with E-state index in [1.165, 1.54) is 43.2 Å².